The van der Waals surface area contributed by atoms with Crippen molar-refractivity contribution in [2.24, 2.45) is 0 Å². The van der Waals surface area contributed by atoms with Crippen LogP contribution in [-0.4, -0.2) is 39.2 Å². The van der Waals surface area contributed by atoms with E-state index in [-0.39, 0.29) is 18.2 Å². The van der Waals surface area contributed by atoms with E-state index >= 15 is 0 Å². The third-order valence-electron chi connectivity index (χ3n) is 2.62. The number of anilines is 1. The largest absolute Gasteiger partial charge is 0.348 e. The van der Waals surface area contributed by atoms with Crippen molar-refractivity contribution in [1.29, 1.82) is 0 Å². The maximum atomic E-state index is 11.7. The maximum Gasteiger partial charge on any atom is 0.251 e. The van der Waals surface area contributed by atoms with Gasteiger partial charge in [-0.05, 0) is 6.42 Å². The van der Waals surface area contributed by atoms with E-state index in [9.17, 15) is 9.59 Å². The van der Waals surface area contributed by atoms with Gasteiger partial charge in [0.2, 0.25) is 11.0 Å². The fourth-order valence-corrected chi connectivity index (χ4v) is 2.32. The zero-order chi connectivity index (χ0) is 12.4. The number of likely N-dealkylation sites (N-methyl/N-ethyl adjacent to an activating group) is 1. The number of hydrogen-bond acceptors (Lipinski definition) is 6. The number of hydrogen-bond donors (Lipinski definition) is 1. The van der Waals surface area contributed by atoms with Gasteiger partial charge in [0, 0.05) is 25.0 Å². The summed E-state index contributed by atoms with van der Waals surface area (Å²) < 4.78 is 4.17. The molecule has 1 aliphatic rings. The highest BCUT2D eigenvalue weighted by Gasteiger charge is 2.36. The lowest BCUT2D eigenvalue weighted by molar-refractivity contribution is -0.136. The summed E-state index contributed by atoms with van der Waals surface area (Å²) in [5, 5.41) is 3.57. The monoisotopic (exact) mass is 254 g/mol. The molecular formula is C10H14N4O2S. The number of nitrogens with zero attached hydrogens (tertiary/aromatic N) is 3. The van der Waals surface area contributed by atoms with Crippen LogP contribution in [0.25, 0.3) is 0 Å². The van der Waals surface area contributed by atoms with Crippen LogP contribution < -0.4 is 5.32 Å². The van der Waals surface area contributed by atoms with Crippen LogP contribution in [0.3, 0.4) is 0 Å². The van der Waals surface area contributed by atoms with Gasteiger partial charge in [-0.3, -0.25) is 14.5 Å². The lowest BCUT2D eigenvalue weighted by Crippen LogP contribution is -2.31. The first-order valence-electron chi connectivity index (χ1n) is 5.51. The highest BCUT2D eigenvalue weighted by molar-refractivity contribution is 7.09. The summed E-state index contributed by atoms with van der Waals surface area (Å²) in [6.45, 7) is 2.06. The first-order chi connectivity index (χ1) is 8.11. The smallest absolute Gasteiger partial charge is 0.251 e. The Hall–Kier alpha value is -1.50. The summed E-state index contributed by atoms with van der Waals surface area (Å²) in [7, 11) is 1.49. The molecule has 0 saturated carbocycles. The van der Waals surface area contributed by atoms with Gasteiger partial charge in [0.05, 0.1) is 6.42 Å². The number of aryl methyl sites for hydroxylation is 1. The predicted octanol–water partition coefficient (Wildman–Crippen LogP) is 0.660. The Morgan fingerprint density at radius 2 is 2.29 bits per heavy atom. The van der Waals surface area contributed by atoms with Gasteiger partial charge >= 0.3 is 0 Å². The van der Waals surface area contributed by atoms with Crippen molar-refractivity contribution >= 4 is 28.5 Å². The first-order valence-corrected chi connectivity index (χ1v) is 6.28. The van der Waals surface area contributed by atoms with Crippen molar-refractivity contribution in [1.82, 2.24) is 14.3 Å². The average Bonchev–Trinajstić information content (AvgIpc) is 2.82. The van der Waals surface area contributed by atoms with Crippen LogP contribution in [0.5, 0.6) is 0 Å². The fourth-order valence-electron chi connectivity index (χ4n) is 1.66. The SMILES string of the molecule is CCCc1nsc(NC2CC(=O)N(C)C2=O)n1. The Morgan fingerprint density at radius 1 is 1.53 bits per heavy atom. The summed E-state index contributed by atoms with van der Waals surface area (Å²) in [5.41, 5.74) is 0. The molecule has 0 radical (unpaired) electrons. The molecular weight excluding hydrogens is 240 g/mol. The molecule has 2 rings (SSSR count). The molecule has 0 aromatic carbocycles. The van der Waals surface area contributed by atoms with Crippen LogP contribution in [0.15, 0.2) is 0 Å². The molecule has 2 heterocycles. The predicted molar refractivity (Wildman–Crippen MR) is 63.7 cm³/mol. The molecule has 0 aliphatic carbocycles. The molecule has 1 aromatic heterocycles. The highest BCUT2D eigenvalue weighted by Crippen LogP contribution is 2.19. The molecule has 17 heavy (non-hydrogen) atoms. The molecule has 0 bridgehead atoms. The molecule has 6 nitrogen and oxygen atoms in total. The number of aromatic nitrogens is 2. The molecule has 1 atom stereocenters. The van der Waals surface area contributed by atoms with Crippen LogP contribution in [0.2, 0.25) is 0 Å². The van der Waals surface area contributed by atoms with Crippen LogP contribution in [0.1, 0.15) is 25.6 Å². The Kier molecular flexibility index (Phi) is 3.37. The molecule has 1 fully saturated rings. The number of likely N-dealkylation sites (tertiary alicyclic amines) is 1. The summed E-state index contributed by atoms with van der Waals surface area (Å²) in [6.07, 6.45) is 2.01. The number of carbonyl (C=O) groups is 2. The van der Waals surface area contributed by atoms with Crippen LogP contribution >= 0.6 is 11.5 Å². The Bertz CT molecular complexity index is 445. The Labute approximate surface area is 103 Å². The van der Waals surface area contributed by atoms with E-state index in [0.717, 1.165) is 23.6 Å². The molecule has 92 valence electrons. The zero-order valence-electron chi connectivity index (χ0n) is 9.77. The molecule has 2 amide bonds. The summed E-state index contributed by atoms with van der Waals surface area (Å²) >= 11 is 1.23. The maximum absolute atomic E-state index is 11.7. The number of rotatable bonds is 4. The normalized spacial score (nSPS) is 20.1. The van der Waals surface area contributed by atoms with Crippen molar-refractivity contribution < 1.29 is 9.59 Å². The molecule has 1 aromatic rings. The summed E-state index contributed by atoms with van der Waals surface area (Å²) in [6, 6.07) is -0.491. The molecule has 1 unspecified atom stereocenters. The minimum absolute atomic E-state index is 0.161. The Balaban J connectivity index is 2.01. The second-order valence-corrected chi connectivity index (χ2v) is 4.71. The zero-order valence-corrected chi connectivity index (χ0v) is 10.6. The first kappa shape index (κ1) is 12.0. The van der Waals surface area contributed by atoms with E-state index in [1.807, 2.05) is 0 Å². The van der Waals surface area contributed by atoms with Crippen molar-refractivity contribution in [2.75, 3.05) is 12.4 Å². The second kappa shape index (κ2) is 4.79. The third kappa shape index (κ3) is 2.44. The lowest BCUT2D eigenvalue weighted by atomic mass is 10.2. The van der Waals surface area contributed by atoms with E-state index in [1.165, 1.54) is 18.6 Å². The lowest BCUT2D eigenvalue weighted by Gasteiger charge is -2.08. The van der Waals surface area contributed by atoms with Crippen LogP contribution in [0.4, 0.5) is 5.13 Å². The van der Waals surface area contributed by atoms with Crippen LogP contribution in [-0.2, 0) is 16.0 Å². The minimum atomic E-state index is -0.491. The van der Waals surface area contributed by atoms with E-state index < -0.39 is 6.04 Å². The molecule has 1 aliphatic heterocycles. The highest BCUT2D eigenvalue weighted by atomic mass is 32.1. The quantitative estimate of drug-likeness (QED) is 0.799. The molecule has 0 spiro atoms. The van der Waals surface area contributed by atoms with Gasteiger partial charge in [-0.2, -0.15) is 4.37 Å². The Morgan fingerprint density at radius 3 is 2.88 bits per heavy atom. The number of nitrogens with one attached hydrogen (secondary N) is 1. The van der Waals surface area contributed by atoms with Crippen molar-refractivity contribution in [3.8, 4) is 0 Å². The van der Waals surface area contributed by atoms with Gasteiger partial charge in [0.15, 0.2) is 0 Å². The standard InChI is InChI=1S/C10H14N4O2S/c1-3-4-7-12-10(17-13-7)11-6-5-8(15)14(2)9(6)16/h6H,3-5H2,1-2H3,(H,11,12,13). The van der Waals surface area contributed by atoms with Gasteiger partial charge in [0.1, 0.15) is 11.9 Å². The molecule has 7 heteroatoms. The fraction of sp³-hybridized carbons (Fsp3) is 0.600. The van der Waals surface area contributed by atoms with Crippen molar-refractivity contribution in [2.45, 2.75) is 32.2 Å². The number of carbonyl (C=O) groups excluding carboxylic acids is 2. The van der Waals surface area contributed by atoms with Crippen molar-refractivity contribution in [3.63, 3.8) is 0 Å². The number of amides is 2. The van der Waals surface area contributed by atoms with Gasteiger partial charge in [-0.15, -0.1) is 0 Å². The third-order valence-corrected chi connectivity index (χ3v) is 3.31. The summed E-state index contributed by atoms with van der Waals surface area (Å²) in [5.74, 6) is 0.415. The van der Waals surface area contributed by atoms with Gasteiger partial charge in [-0.25, -0.2) is 4.98 Å². The molecule has 1 N–H and O–H groups in total. The van der Waals surface area contributed by atoms with E-state index in [4.69, 9.17) is 0 Å². The summed E-state index contributed by atoms with van der Waals surface area (Å²) in [4.78, 5) is 28.4. The average molecular weight is 254 g/mol. The van der Waals surface area contributed by atoms with Gasteiger partial charge in [0.25, 0.3) is 5.91 Å². The van der Waals surface area contributed by atoms with E-state index in [0.29, 0.717) is 5.13 Å². The topological polar surface area (TPSA) is 75.2 Å². The van der Waals surface area contributed by atoms with E-state index in [2.05, 4.69) is 21.6 Å². The van der Waals surface area contributed by atoms with Crippen molar-refractivity contribution in [3.05, 3.63) is 5.82 Å². The van der Waals surface area contributed by atoms with Gasteiger partial charge < -0.3 is 5.32 Å². The number of imide groups is 1. The van der Waals surface area contributed by atoms with Crippen LogP contribution in [0, 0.1) is 0 Å². The van der Waals surface area contributed by atoms with E-state index in [1.54, 1.807) is 0 Å². The molecule has 1 saturated heterocycles. The minimum Gasteiger partial charge on any atom is -0.348 e. The second-order valence-electron chi connectivity index (χ2n) is 3.96. The van der Waals surface area contributed by atoms with Gasteiger partial charge in [-0.1, -0.05) is 6.92 Å².